The first-order chi connectivity index (χ1) is 15.2. The van der Waals surface area contributed by atoms with Crippen molar-refractivity contribution in [3.63, 3.8) is 0 Å². The Hall–Kier alpha value is -2.51. The highest BCUT2D eigenvalue weighted by Crippen LogP contribution is 2.34. The third-order valence-corrected chi connectivity index (χ3v) is 6.82. The van der Waals surface area contributed by atoms with E-state index in [1.807, 2.05) is 20.8 Å². The van der Waals surface area contributed by atoms with Crippen LogP contribution in [0.15, 0.2) is 23.1 Å². The van der Waals surface area contributed by atoms with Crippen LogP contribution in [0.2, 0.25) is 0 Å². The minimum atomic E-state index is -4.65. The maximum atomic E-state index is 12.4. The first kappa shape index (κ1) is 26.7. The van der Waals surface area contributed by atoms with Crippen LogP contribution in [0.5, 0.6) is 5.75 Å². The van der Waals surface area contributed by atoms with E-state index in [2.05, 4.69) is 0 Å². The molecule has 1 N–H and O–H groups in total. The number of rotatable bonds is 10. The standard InChI is InChI=1S/C20H26N2O9S2/c1-20(2,3)32-16-12-17(23)21(19(16)25)10-6-4-5-7-18(24)31-15-9-8-13(33(28,29)30)11-14(15)22(26)27/h8-9,11,16H,4-7,10,12H2,1-3H3,(H,28,29,30). The summed E-state index contributed by atoms with van der Waals surface area (Å²) in [4.78, 5) is 47.4. The Morgan fingerprint density at radius 1 is 1.27 bits per heavy atom. The van der Waals surface area contributed by atoms with Crippen LogP contribution < -0.4 is 4.74 Å². The lowest BCUT2D eigenvalue weighted by molar-refractivity contribution is -0.385. The Balaban J connectivity index is 1.82. The number of hydrogen-bond donors (Lipinski definition) is 1. The monoisotopic (exact) mass is 502 g/mol. The Morgan fingerprint density at radius 3 is 2.52 bits per heavy atom. The molecular formula is C20H26N2O9S2. The van der Waals surface area contributed by atoms with E-state index in [9.17, 15) is 32.9 Å². The lowest BCUT2D eigenvalue weighted by Gasteiger charge is -2.21. The lowest BCUT2D eigenvalue weighted by Crippen LogP contribution is -2.33. The van der Waals surface area contributed by atoms with Gasteiger partial charge in [0.05, 0.1) is 10.2 Å². The van der Waals surface area contributed by atoms with Crippen LogP contribution in [0.3, 0.4) is 0 Å². The maximum absolute atomic E-state index is 12.4. The van der Waals surface area contributed by atoms with Gasteiger partial charge in [0, 0.05) is 30.2 Å². The van der Waals surface area contributed by atoms with Crippen molar-refractivity contribution in [1.82, 2.24) is 4.90 Å². The normalized spacial score (nSPS) is 16.8. The van der Waals surface area contributed by atoms with Crippen LogP contribution in [0.1, 0.15) is 52.9 Å². The Bertz CT molecular complexity index is 1050. The van der Waals surface area contributed by atoms with Crippen molar-refractivity contribution in [2.45, 2.75) is 67.8 Å². The number of benzene rings is 1. The van der Waals surface area contributed by atoms with Gasteiger partial charge >= 0.3 is 11.7 Å². The number of nitro benzene ring substituents is 1. The second kappa shape index (κ2) is 10.6. The van der Waals surface area contributed by atoms with Gasteiger partial charge in [-0.15, -0.1) is 11.8 Å². The number of carbonyl (C=O) groups is 3. The Kier molecular flexibility index (Phi) is 8.60. The first-order valence-corrected chi connectivity index (χ1v) is 12.5. The predicted octanol–water partition coefficient (Wildman–Crippen LogP) is 2.97. The van der Waals surface area contributed by atoms with Crippen molar-refractivity contribution in [1.29, 1.82) is 0 Å². The molecule has 0 radical (unpaired) electrons. The summed E-state index contributed by atoms with van der Waals surface area (Å²) in [5.41, 5.74) is -0.771. The quantitative estimate of drug-likeness (QED) is 0.0957. The smallest absolute Gasteiger partial charge is 0.313 e. The van der Waals surface area contributed by atoms with Crippen molar-refractivity contribution in [3.8, 4) is 5.75 Å². The van der Waals surface area contributed by atoms with Gasteiger partial charge in [0.1, 0.15) is 4.90 Å². The van der Waals surface area contributed by atoms with Gasteiger partial charge < -0.3 is 4.74 Å². The van der Waals surface area contributed by atoms with Gasteiger partial charge in [0.25, 0.3) is 10.1 Å². The summed E-state index contributed by atoms with van der Waals surface area (Å²) in [6.07, 6.45) is 1.50. The molecule has 13 heteroatoms. The number of esters is 1. The van der Waals surface area contributed by atoms with E-state index >= 15 is 0 Å². The number of carbonyl (C=O) groups excluding carboxylic acids is 3. The minimum absolute atomic E-state index is 0.0679. The van der Waals surface area contributed by atoms with Gasteiger partial charge in [-0.3, -0.25) is 34.0 Å². The van der Waals surface area contributed by atoms with Crippen molar-refractivity contribution in [2.75, 3.05) is 6.54 Å². The van der Waals surface area contributed by atoms with E-state index in [1.54, 1.807) is 0 Å². The van der Waals surface area contributed by atoms with Crippen molar-refractivity contribution < 1.29 is 37.0 Å². The maximum Gasteiger partial charge on any atom is 0.313 e. The fourth-order valence-electron chi connectivity index (χ4n) is 3.18. The number of imide groups is 1. The van der Waals surface area contributed by atoms with Crippen LogP contribution in [0.25, 0.3) is 0 Å². The second-order valence-electron chi connectivity index (χ2n) is 8.45. The second-order valence-corrected chi connectivity index (χ2v) is 11.9. The summed E-state index contributed by atoms with van der Waals surface area (Å²) in [6, 6.07) is 2.42. The molecule has 1 aromatic rings. The third kappa shape index (κ3) is 7.79. The van der Waals surface area contributed by atoms with Crippen LogP contribution in [0.4, 0.5) is 5.69 Å². The van der Waals surface area contributed by atoms with Crippen LogP contribution in [-0.2, 0) is 24.5 Å². The Labute approximate surface area is 195 Å². The molecule has 2 amide bonds. The van der Waals surface area contributed by atoms with E-state index in [4.69, 9.17) is 9.29 Å². The molecule has 1 unspecified atom stereocenters. The predicted molar refractivity (Wildman–Crippen MR) is 119 cm³/mol. The van der Waals surface area contributed by atoms with Gasteiger partial charge in [0.15, 0.2) is 0 Å². The molecule has 182 valence electrons. The number of nitrogens with zero attached hydrogens (tertiary/aromatic N) is 2. The Morgan fingerprint density at radius 2 is 1.94 bits per heavy atom. The number of hydrogen-bond acceptors (Lipinski definition) is 9. The summed E-state index contributed by atoms with van der Waals surface area (Å²) < 4.78 is 36.1. The van der Waals surface area contributed by atoms with Crippen LogP contribution in [-0.4, -0.2) is 57.1 Å². The molecule has 0 saturated carbocycles. The highest BCUT2D eigenvalue weighted by molar-refractivity contribution is 8.01. The zero-order valence-electron chi connectivity index (χ0n) is 18.5. The van der Waals surface area contributed by atoms with Gasteiger partial charge in [0.2, 0.25) is 17.6 Å². The number of amides is 2. The number of unbranched alkanes of at least 4 members (excludes halogenated alkanes) is 2. The molecule has 1 heterocycles. The third-order valence-electron chi connectivity index (χ3n) is 4.61. The van der Waals surface area contributed by atoms with Crippen LogP contribution >= 0.6 is 11.8 Å². The molecule has 1 aromatic carbocycles. The number of nitro groups is 1. The van der Waals surface area contributed by atoms with Crippen molar-refractivity contribution in [2.24, 2.45) is 0 Å². The van der Waals surface area contributed by atoms with Gasteiger partial charge in [-0.25, -0.2) is 0 Å². The van der Waals surface area contributed by atoms with E-state index in [0.29, 0.717) is 25.3 Å². The van der Waals surface area contributed by atoms with E-state index in [0.717, 1.165) is 12.1 Å². The molecule has 33 heavy (non-hydrogen) atoms. The number of ether oxygens (including phenoxy) is 1. The molecule has 1 aliphatic rings. The summed E-state index contributed by atoms with van der Waals surface area (Å²) in [6.45, 7) is 6.20. The molecule has 1 aliphatic heterocycles. The fourth-order valence-corrected chi connectivity index (χ4v) is 4.99. The molecule has 0 aliphatic carbocycles. The average molecular weight is 503 g/mol. The van der Waals surface area contributed by atoms with Crippen molar-refractivity contribution >= 4 is 45.4 Å². The van der Waals surface area contributed by atoms with Gasteiger partial charge in [-0.1, -0.05) is 27.2 Å². The average Bonchev–Trinajstić information content (AvgIpc) is 2.92. The topological polar surface area (TPSA) is 161 Å². The largest absolute Gasteiger partial charge is 0.419 e. The first-order valence-electron chi connectivity index (χ1n) is 10.2. The zero-order chi connectivity index (χ0) is 25.0. The van der Waals surface area contributed by atoms with E-state index in [-0.39, 0.29) is 41.2 Å². The van der Waals surface area contributed by atoms with Gasteiger partial charge in [-0.2, -0.15) is 8.42 Å². The number of thioether (sulfide) groups is 1. The molecule has 1 fully saturated rings. The molecule has 2 rings (SSSR count). The summed E-state index contributed by atoms with van der Waals surface area (Å²) >= 11 is 1.47. The summed E-state index contributed by atoms with van der Waals surface area (Å²) in [5, 5.41) is 10.8. The highest BCUT2D eigenvalue weighted by atomic mass is 32.2. The zero-order valence-corrected chi connectivity index (χ0v) is 20.1. The molecule has 0 spiro atoms. The molecule has 11 nitrogen and oxygen atoms in total. The molecule has 0 bridgehead atoms. The molecule has 1 atom stereocenters. The van der Waals surface area contributed by atoms with Crippen molar-refractivity contribution in [3.05, 3.63) is 28.3 Å². The van der Waals surface area contributed by atoms with Crippen LogP contribution in [0, 0.1) is 10.1 Å². The SMILES string of the molecule is CC(C)(C)SC1CC(=O)N(CCCCCC(=O)Oc2ccc(S(=O)(=O)O)cc2[N+](=O)[O-])C1=O. The van der Waals surface area contributed by atoms with E-state index < -0.39 is 37.3 Å². The van der Waals surface area contributed by atoms with E-state index in [1.165, 1.54) is 16.7 Å². The minimum Gasteiger partial charge on any atom is -0.419 e. The molecule has 1 saturated heterocycles. The highest BCUT2D eigenvalue weighted by Gasteiger charge is 2.40. The molecule has 0 aromatic heterocycles. The summed E-state index contributed by atoms with van der Waals surface area (Å²) in [5.74, 6) is -1.59. The number of likely N-dealkylation sites (tertiary alicyclic amines) is 1. The van der Waals surface area contributed by atoms with Gasteiger partial charge in [-0.05, 0) is 25.0 Å². The lowest BCUT2D eigenvalue weighted by atomic mass is 10.2. The fraction of sp³-hybridized carbons (Fsp3) is 0.550. The molecular weight excluding hydrogens is 476 g/mol. The summed E-state index contributed by atoms with van der Waals surface area (Å²) in [7, 11) is -4.65.